The first-order valence-corrected chi connectivity index (χ1v) is 13.2. The number of amides is 2. The van der Waals surface area contributed by atoms with Crippen molar-refractivity contribution in [2.24, 2.45) is 0 Å². The second kappa shape index (κ2) is 15.6. The van der Waals surface area contributed by atoms with Gasteiger partial charge in [-0.25, -0.2) is 0 Å². The molecule has 0 fully saturated rings. The van der Waals surface area contributed by atoms with Gasteiger partial charge in [-0.05, 0) is 47.8 Å². The Labute approximate surface area is 243 Å². The molecule has 13 nitrogen and oxygen atoms in total. The minimum atomic E-state index is -0.969. The van der Waals surface area contributed by atoms with Crippen LogP contribution in [-0.2, 0) is 38.1 Å². The average molecular weight is 732 g/mol. The molecule has 0 aromatic heterocycles. The third kappa shape index (κ3) is 10.6. The van der Waals surface area contributed by atoms with Crippen LogP contribution in [0.2, 0.25) is 0 Å². The SMILES string of the molecule is CC(=O)OCC(CNC(=O)c1c(Br)c(N)c(Br)c(C(=O)NCC(COC(C)=O)OC(C)=O)c1Br)OC(C)=O. The number of carbonyl (C=O) groups is 6. The van der Waals surface area contributed by atoms with Crippen molar-refractivity contribution in [3.63, 3.8) is 0 Å². The second-order valence-corrected chi connectivity index (χ2v) is 9.97. The molecule has 0 saturated carbocycles. The summed E-state index contributed by atoms with van der Waals surface area (Å²) in [6.45, 7) is 3.67. The zero-order valence-electron chi connectivity index (χ0n) is 20.8. The van der Waals surface area contributed by atoms with Gasteiger partial charge in [0.15, 0.2) is 12.2 Å². The molecule has 1 aromatic carbocycles. The van der Waals surface area contributed by atoms with Crippen LogP contribution < -0.4 is 16.4 Å². The number of rotatable bonds is 12. The summed E-state index contributed by atoms with van der Waals surface area (Å²) in [5, 5.41) is 5.09. The molecule has 2 amide bonds. The van der Waals surface area contributed by atoms with Crippen molar-refractivity contribution in [3.05, 3.63) is 24.5 Å². The number of nitrogens with one attached hydrogen (secondary N) is 2. The molecule has 1 rings (SSSR count). The first-order chi connectivity index (χ1) is 17.6. The van der Waals surface area contributed by atoms with Gasteiger partial charge >= 0.3 is 23.9 Å². The van der Waals surface area contributed by atoms with Gasteiger partial charge in [-0.2, -0.15) is 0 Å². The molecule has 0 radical (unpaired) electrons. The quantitative estimate of drug-likeness (QED) is 0.162. The lowest BCUT2D eigenvalue weighted by Crippen LogP contribution is -2.39. The molecule has 0 bridgehead atoms. The minimum absolute atomic E-state index is 0.0244. The van der Waals surface area contributed by atoms with E-state index in [1.54, 1.807) is 0 Å². The lowest BCUT2D eigenvalue weighted by atomic mass is 10.1. The number of esters is 4. The van der Waals surface area contributed by atoms with Crippen LogP contribution >= 0.6 is 47.8 Å². The predicted octanol–water partition coefficient (Wildman–Crippen LogP) is 2.01. The zero-order valence-corrected chi connectivity index (χ0v) is 25.5. The third-order valence-corrected chi connectivity index (χ3v) is 6.84. The number of ether oxygens (including phenoxy) is 4. The van der Waals surface area contributed by atoms with Crippen LogP contribution in [0.4, 0.5) is 5.69 Å². The molecule has 0 spiro atoms. The van der Waals surface area contributed by atoms with Gasteiger partial charge in [-0.15, -0.1) is 0 Å². The van der Waals surface area contributed by atoms with Crippen LogP contribution in [0.15, 0.2) is 13.4 Å². The van der Waals surface area contributed by atoms with Gasteiger partial charge in [0.2, 0.25) is 0 Å². The number of nitrogen functional groups attached to an aromatic ring is 1. The number of nitrogens with two attached hydrogens (primary N) is 1. The minimum Gasteiger partial charge on any atom is -0.462 e. The van der Waals surface area contributed by atoms with Crippen LogP contribution in [-0.4, -0.2) is 74.2 Å². The van der Waals surface area contributed by atoms with Gasteiger partial charge in [-0.1, -0.05) is 0 Å². The zero-order chi connectivity index (χ0) is 29.2. The van der Waals surface area contributed by atoms with Gasteiger partial charge in [0.1, 0.15) is 13.2 Å². The molecule has 16 heteroatoms. The standard InChI is InChI=1S/C22H26Br3N3O10/c1-9(29)35-7-13(37-11(3)31)5-27-21(33)15-17(23)16(19(25)20(26)18(15)24)22(34)28-6-14(38-12(4)32)8-36-10(2)30/h13-14H,5-8,26H2,1-4H3,(H,27,33)(H,28,34). The maximum atomic E-state index is 13.1. The van der Waals surface area contributed by atoms with E-state index in [0.29, 0.717) is 0 Å². The van der Waals surface area contributed by atoms with Crippen molar-refractivity contribution in [2.75, 3.05) is 32.0 Å². The molecule has 38 heavy (non-hydrogen) atoms. The number of carbonyl (C=O) groups excluding carboxylic acids is 6. The number of anilines is 1. The predicted molar refractivity (Wildman–Crippen MR) is 143 cm³/mol. The fourth-order valence-electron chi connectivity index (χ4n) is 2.83. The van der Waals surface area contributed by atoms with Gasteiger partial charge in [0.25, 0.3) is 11.8 Å². The summed E-state index contributed by atoms with van der Waals surface area (Å²) in [6, 6.07) is 0. The molecule has 1 aromatic rings. The fourth-order valence-corrected chi connectivity index (χ4v) is 5.54. The second-order valence-electron chi connectivity index (χ2n) is 7.59. The Bertz CT molecular complexity index is 1030. The van der Waals surface area contributed by atoms with E-state index >= 15 is 0 Å². The molecular weight excluding hydrogens is 706 g/mol. The maximum absolute atomic E-state index is 13.1. The number of hydrogen-bond acceptors (Lipinski definition) is 11. The van der Waals surface area contributed by atoms with Crippen LogP contribution in [0.3, 0.4) is 0 Å². The first-order valence-electron chi connectivity index (χ1n) is 10.8. The largest absolute Gasteiger partial charge is 0.462 e. The lowest BCUT2D eigenvalue weighted by Gasteiger charge is -2.20. The highest BCUT2D eigenvalue weighted by Gasteiger charge is 2.28. The molecule has 0 heterocycles. The summed E-state index contributed by atoms with van der Waals surface area (Å²) in [5.74, 6) is -3.90. The van der Waals surface area contributed by atoms with Crippen molar-refractivity contribution in [1.29, 1.82) is 0 Å². The molecular formula is C22H26Br3N3O10. The van der Waals surface area contributed by atoms with Crippen LogP contribution in [0.5, 0.6) is 0 Å². The maximum Gasteiger partial charge on any atom is 0.303 e. The van der Waals surface area contributed by atoms with Gasteiger partial charge < -0.3 is 35.3 Å². The van der Waals surface area contributed by atoms with Crippen LogP contribution in [0.25, 0.3) is 0 Å². The normalized spacial score (nSPS) is 12.0. The Morgan fingerprint density at radius 1 is 0.658 bits per heavy atom. The Hall–Kier alpha value is -2.72. The number of hydrogen-bond donors (Lipinski definition) is 3. The van der Waals surface area contributed by atoms with E-state index in [-0.39, 0.29) is 56.5 Å². The van der Waals surface area contributed by atoms with Crippen LogP contribution in [0, 0.1) is 0 Å². The van der Waals surface area contributed by atoms with E-state index in [4.69, 9.17) is 24.7 Å². The Morgan fingerprint density at radius 2 is 1.00 bits per heavy atom. The molecule has 4 N–H and O–H groups in total. The molecule has 0 aliphatic carbocycles. The van der Waals surface area contributed by atoms with Crippen molar-refractivity contribution < 1.29 is 47.7 Å². The smallest absolute Gasteiger partial charge is 0.303 e. The monoisotopic (exact) mass is 729 g/mol. The fraction of sp³-hybridized carbons (Fsp3) is 0.455. The number of benzene rings is 1. The van der Waals surface area contributed by atoms with E-state index in [0.717, 1.165) is 13.8 Å². The van der Waals surface area contributed by atoms with E-state index < -0.39 is 47.9 Å². The molecule has 0 saturated heterocycles. The van der Waals surface area contributed by atoms with E-state index in [1.165, 1.54) is 13.8 Å². The van der Waals surface area contributed by atoms with Crippen molar-refractivity contribution in [2.45, 2.75) is 39.9 Å². The van der Waals surface area contributed by atoms with Gasteiger partial charge in [0, 0.05) is 32.2 Å². The van der Waals surface area contributed by atoms with Gasteiger partial charge in [-0.3, -0.25) is 28.8 Å². The highest BCUT2D eigenvalue weighted by molar-refractivity contribution is 9.11. The summed E-state index contributed by atoms with van der Waals surface area (Å²) >= 11 is 9.76. The van der Waals surface area contributed by atoms with Crippen molar-refractivity contribution >= 4 is 89.2 Å². The van der Waals surface area contributed by atoms with E-state index in [1.807, 2.05) is 0 Å². The highest BCUT2D eigenvalue weighted by atomic mass is 79.9. The average Bonchev–Trinajstić information content (AvgIpc) is 2.80. The summed E-state index contributed by atoms with van der Waals surface area (Å²) in [6.07, 6.45) is -1.94. The summed E-state index contributed by atoms with van der Waals surface area (Å²) in [5.41, 5.74) is 6.02. The molecule has 2 atom stereocenters. The van der Waals surface area contributed by atoms with E-state index in [2.05, 4.69) is 58.4 Å². The van der Waals surface area contributed by atoms with Crippen molar-refractivity contribution in [3.8, 4) is 0 Å². The molecule has 0 aliphatic heterocycles. The molecule has 210 valence electrons. The third-order valence-electron chi connectivity index (χ3n) is 4.40. The summed E-state index contributed by atoms with van der Waals surface area (Å²) in [4.78, 5) is 71.0. The lowest BCUT2D eigenvalue weighted by molar-refractivity contribution is -0.155. The molecule has 2 unspecified atom stereocenters. The summed E-state index contributed by atoms with van der Waals surface area (Å²) in [7, 11) is 0. The van der Waals surface area contributed by atoms with Crippen LogP contribution in [0.1, 0.15) is 48.4 Å². The Kier molecular flexibility index (Phi) is 13.7. The first kappa shape index (κ1) is 33.3. The Balaban J connectivity index is 3.17. The highest BCUT2D eigenvalue weighted by Crippen LogP contribution is 2.40. The van der Waals surface area contributed by atoms with E-state index in [9.17, 15) is 28.8 Å². The molecule has 0 aliphatic rings. The number of halogens is 3. The Morgan fingerprint density at radius 3 is 1.29 bits per heavy atom. The topological polar surface area (TPSA) is 189 Å². The van der Waals surface area contributed by atoms with Gasteiger partial charge in [0.05, 0.1) is 38.8 Å². The van der Waals surface area contributed by atoms with Crippen molar-refractivity contribution in [1.82, 2.24) is 10.6 Å². The summed E-state index contributed by atoms with van der Waals surface area (Å²) < 4.78 is 20.2.